The molecule has 1 aromatic carbocycles. The largest absolute Gasteiger partial charge is 0.497 e. The smallest absolute Gasteiger partial charge is 0.237 e. The molecule has 10 nitrogen and oxygen atoms in total. The number of carbonyl (C=O) groups excluding carboxylic acids is 1. The lowest BCUT2D eigenvalue weighted by molar-refractivity contribution is -0.117. The molecule has 0 saturated heterocycles. The van der Waals surface area contributed by atoms with Crippen molar-refractivity contribution in [1.82, 2.24) is 30.2 Å². The SMILES string of the molecule is COc1ccc2[nH]cc(CCN=C(NC(=O)CSc3nccc(C)n3)Nc3nc(C)cc(C)n3)c2c1. The number of aromatic nitrogens is 5. The first kappa shape index (κ1) is 25.1. The van der Waals surface area contributed by atoms with Gasteiger partial charge in [-0.2, -0.15) is 0 Å². The highest BCUT2D eigenvalue weighted by molar-refractivity contribution is 7.99. The minimum atomic E-state index is -0.238. The summed E-state index contributed by atoms with van der Waals surface area (Å²) in [6, 6.07) is 9.60. The van der Waals surface area contributed by atoms with Gasteiger partial charge in [0.2, 0.25) is 17.8 Å². The molecule has 0 fully saturated rings. The minimum Gasteiger partial charge on any atom is -0.497 e. The number of thioether (sulfide) groups is 1. The van der Waals surface area contributed by atoms with Crippen molar-refractivity contribution >= 4 is 40.5 Å². The van der Waals surface area contributed by atoms with E-state index in [1.54, 1.807) is 13.3 Å². The summed E-state index contributed by atoms with van der Waals surface area (Å²) >= 11 is 1.26. The van der Waals surface area contributed by atoms with E-state index in [2.05, 4.69) is 40.5 Å². The fourth-order valence-corrected chi connectivity index (χ4v) is 4.25. The van der Waals surface area contributed by atoms with Gasteiger partial charge in [-0.25, -0.2) is 19.9 Å². The van der Waals surface area contributed by atoms with Gasteiger partial charge in [0.15, 0.2) is 5.16 Å². The monoisotopic (exact) mass is 504 g/mol. The topological polar surface area (TPSA) is 130 Å². The molecule has 0 aliphatic heterocycles. The summed E-state index contributed by atoms with van der Waals surface area (Å²) in [5.41, 5.74) is 4.61. The molecule has 0 aliphatic carbocycles. The van der Waals surface area contributed by atoms with Crippen LogP contribution in [0.3, 0.4) is 0 Å². The van der Waals surface area contributed by atoms with E-state index in [0.717, 1.165) is 39.3 Å². The van der Waals surface area contributed by atoms with E-state index in [1.807, 2.05) is 57.3 Å². The fourth-order valence-electron chi connectivity index (χ4n) is 3.57. The van der Waals surface area contributed by atoms with Crippen LogP contribution >= 0.6 is 11.8 Å². The molecule has 4 rings (SSSR count). The number of aromatic amines is 1. The summed E-state index contributed by atoms with van der Waals surface area (Å²) in [6.45, 7) is 6.10. The second kappa shape index (κ2) is 11.6. The van der Waals surface area contributed by atoms with Gasteiger partial charge in [0.05, 0.1) is 12.9 Å². The number of ether oxygens (including phenoxy) is 1. The number of methoxy groups -OCH3 is 1. The molecule has 36 heavy (non-hydrogen) atoms. The number of rotatable bonds is 8. The van der Waals surface area contributed by atoms with Gasteiger partial charge < -0.3 is 9.72 Å². The Balaban J connectivity index is 1.47. The third-order valence-corrected chi connectivity index (χ3v) is 6.06. The molecule has 3 heterocycles. The number of benzene rings is 1. The Morgan fingerprint density at radius 1 is 1.08 bits per heavy atom. The third kappa shape index (κ3) is 6.79. The van der Waals surface area contributed by atoms with Gasteiger partial charge in [-0.1, -0.05) is 11.8 Å². The molecule has 0 atom stereocenters. The van der Waals surface area contributed by atoms with E-state index < -0.39 is 0 Å². The maximum atomic E-state index is 12.7. The van der Waals surface area contributed by atoms with Gasteiger partial charge in [-0.05, 0) is 63.1 Å². The molecule has 0 aliphatic rings. The number of fused-ring (bicyclic) bond motifs is 1. The van der Waals surface area contributed by atoms with Gasteiger partial charge in [0, 0.05) is 46.9 Å². The zero-order valence-electron chi connectivity index (χ0n) is 20.6. The Hall–Kier alpha value is -3.99. The molecular weight excluding hydrogens is 476 g/mol. The first-order chi connectivity index (χ1) is 17.4. The van der Waals surface area contributed by atoms with Crippen LogP contribution in [0.4, 0.5) is 5.95 Å². The Bertz CT molecular complexity index is 1380. The zero-order chi connectivity index (χ0) is 25.5. The average molecular weight is 505 g/mol. The van der Waals surface area contributed by atoms with Gasteiger partial charge in [-0.15, -0.1) is 0 Å². The first-order valence-corrected chi connectivity index (χ1v) is 12.4. The van der Waals surface area contributed by atoms with Crippen molar-refractivity contribution in [2.24, 2.45) is 4.99 Å². The lowest BCUT2D eigenvalue weighted by atomic mass is 10.1. The molecule has 0 radical (unpaired) electrons. The standard InChI is InChI=1S/C25H28N8O2S/c1-15-7-9-27-25(31-15)36-14-22(34)32-23(33-24-29-16(2)11-17(3)30-24)26-10-8-18-13-28-21-6-5-19(35-4)12-20(18)21/h5-7,9,11-13,28H,8,10,14H2,1-4H3,(H2,26,29,30,32,33,34). The highest BCUT2D eigenvalue weighted by atomic mass is 32.2. The van der Waals surface area contributed by atoms with Crippen molar-refractivity contribution in [2.75, 3.05) is 24.7 Å². The molecule has 186 valence electrons. The van der Waals surface area contributed by atoms with Gasteiger partial charge in [-0.3, -0.25) is 20.4 Å². The molecule has 0 unspecified atom stereocenters. The van der Waals surface area contributed by atoms with Crippen LogP contribution in [-0.2, 0) is 11.2 Å². The third-order valence-electron chi connectivity index (χ3n) is 5.20. The summed E-state index contributed by atoms with van der Waals surface area (Å²) in [5.74, 6) is 1.35. The van der Waals surface area contributed by atoms with Crippen LogP contribution < -0.4 is 15.4 Å². The molecular formula is C25H28N8O2S. The Morgan fingerprint density at radius 2 is 1.89 bits per heavy atom. The summed E-state index contributed by atoms with van der Waals surface area (Å²) in [6.07, 6.45) is 4.30. The summed E-state index contributed by atoms with van der Waals surface area (Å²) in [4.78, 5) is 37.9. The molecule has 3 N–H and O–H groups in total. The molecule has 11 heteroatoms. The van der Waals surface area contributed by atoms with Crippen LogP contribution in [0.1, 0.15) is 22.6 Å². The van der Waals surface area contributed by atoms with Crippen LogP contribution in [0.15, 0.2) is 52.9 Å². The number of nitrogens with zero attached hydrogens (tertiary/aromatic N) is 5. The van der Waals surface area contributed by atoms with E-state index in [4.69, 9.17) is 4.74 Å². The number of hydrogen-bond donors (Lipinski definition) is 3. The quantitative estimate of drug-likeness (QED) is 0.144. The average Bonchev–Trinajstić information content (AvgIpc) is 3.24. The maximum Gasteiger partial charge on any atom is 0.237 e. The number of amides is 1. The van der Waals surface area contributed by atoms with Crippen molar-refractivity contribution < 1.29 is 9.53 Å². The summed E-state index contributed by atoms with van der Waals surface area (Å²) < 4.78 is 5.36. The van der Waals surface area contributed by atoms with Gasteiger partial charge >= 0.3 is 0 Å². The van der Waals surface area contributed by atoms with Crippen LogP contribution in [0, 0.1) is 20.8 Å². The predicted molar refractivity (Wildman–Crippen MR) is 142 cm³/mol. The van der Waals surface area contributed by atoms with Crippen LogP contribution in [-0.4, -0.2) is 56.2 Å². The number of hydrogen-bond acceptors (Lipinski definition) is 8. The first-order valence-electron chi connectivity index (χ1n) is 11.4. The molecule has 0 spiro atoms. The van der Waals surface area contributed by atoms with Gasteiger partial charge in [0.25, 0.3) is 0 Å². The van der Waals surface area contributed by atoms with Crippen LogP contribution in [0.5, 0.6) is 5.75 Å². The minimum absolute atomic E-state index is 0.139. The highest BCUT2D eigenvalue weighted by Gasteiger charge is 2.11. The maximum absolute atomic E-state index is 12.7. The molecule has 0 bridgehead atoms. The van der Waals surface area contributed by atoms with E-state index in [1.165, 1.54) is 11.8 Å². The number of carbonyl (C=O) groups is 1. The van der Waals surface area contributed by atoms with Crippen molar-refractivity contribution in [3.05, 3.63) is 65.4 Å². The number of anilines is 1. The Labute approximate surface area is 213 Å². The molecule has 3 aromatic heterocycles. The summed E-state index contributed by atoms with van der Waals surface area (Å²) in [7, 11) is 1.65. The number of nitrogens with one attached hydrogen (secondary N) is 3. The Kier molecular flexibility index (Phi) is 8.11. The Morgan fingerprint density at radius 3 is 2.64 bits per heavy atom. The second-order valence-corrected chi connectivity index (χ2v) is 9.07. The van der Waals surface area contributed by atoms with E-state index in [-0.39, 0.29) is 17.6 Å². The van der Waals surface area contributed by atoms with E-state index in [9.17, 15) is 4.79 Å². The van der Waals surface area contributed by atoms with Crippen molar-refractivity contribution in [3.8, 4) is 5.75 Å². The van der Waals surface area contributed by atoms with Crippen molar-refractivity contribution in [3.63, 3.8) is 0 Å². The van der Waals surface area contributed by atoms with E-state index >= 15 is 0 Å². The highest BCUT2D eigenvalue weighted by Crippen LogP contribution is 2.24. The lowest BCUT2D eigenvalue weighted by Crippen LogP contribution is -2.38. The van der Waals surface area contributed by atoms with Crippen LogP contribution in [0.2, 0.25) is 0 Å². The van der Waals surface area contributed by atoms with Crippen LogP contribution in [0.25, 0.3) is 10.9 Å². The molecule has 1 amide bonds. The summed E-state index contributed by atoms with van der Waals surface area (Å²) in [5, 5.41) is 7.53. The molecule has 0 saturated carbocycles. The fraction of sp³-hybridized carbons (Fsp3) is 0.280. The number of aryl methyl sites for hydroxylation is 3. The normalized spacial score (nSPS) is 11.5. The predicted octanol–water partition coefficient (Wildman–Crippen LogP) is 3.60. The number of H-pyrrole nitrogens is 1. The van der Waals surface area contributed by atoms with Crippen molar-refractivity contribution in [2.45, 2.75) is 32.3 Å². The number of guanidine groups is 1. The van der Waals surface area contributed by atoms with E-state index in [0.29, 0.717) is 24.1 Å². The number of aliphatic imine (C=N–C) groups is 1. The van der Waals surface area contributed by atoms with Gasteiger partial charge in [0.1, 0.15) is 5.75 Å². The van der Waals surface area contributed by atoms with Crippen molar-refractivity contribution in [1.29, 1.82) is 0 Å². The zero-order valence-corrected chi connectivity index (χ0v) is 21.4. The molecule has 4 aromatic rings. The lowest BCUT2D eigenvalue weighted by Gasteiger charge is -2.11. The second-order valence-electron chi connectivity index (χ2n) is 8.12.